The highest BCUT2D eigenvalue weighted by molar-refractivity contribution is 5.66. The molecule has 0 aliphatic rings. The third-order valence-corrected chi connectivity index (χ3v) is 2.85. The summed E-state index contributed by atoms with van der Waals surface area (Å²) in [7, 11) is 1.70. The molecule has 1 aromatic rings. The van der Waals surface area contributed by atoms with Gasteiger partial charge in [0.15, 0.2) is 0 Å². The van der Waals surface area contributed by atoms with Gasteiger partial charge in [-0.25, -0.2) is 0 Å². The van der Waals surface area contributed by atoms with Gasteiger partial charge in [-0.15, -0.1) is 0 Å². The highest BCUT2D eigenvalue weighted by Gasteiger charge is 2.20. The SMILES string of the molecule is CN(CCCC(=O)O)Cc1ccc([N+](=O)[O-])cc1[N+](=O)[O-]. The zero-order chi connectivity index (χ0) is 16.0. The summed E-state index contributed by atoms with van der Waals surface area (Å²) >= 11 is 0. The van der Waals surface area contributed by atoms with Gasteiger partial charge >= 0.3 is 5.97 Å². The van der Waals surface area contributed by atoms with Crippen LogP contribution in [-0.2, 0) is 11.3 Å². The van der Waals surface area contributed by atoms with Gasteiger partial charge in [0.2, 0.25) is 0 Å². The van der Waals surface area contributed by atoms with Gasteiger partial charge in [0.25, 0.3) is 11.4 Å². The summed E-state index contributed by atoms with van der Waals surface area (Å²) in [5, 5.41) is 30.1. The van der Waals surface area contributed by atoms with Gasteiger partial charge in [0.1, 0.15) is 0 Å². The van der Waals surface area contributed by atoms with E-state index >= 15 is 0 Å². The van der Waals surface area contributed by atoms with E-state index < -0.39 is 15.8 Å². The molecule has 0 fully saturated rings. The van der Waals surface area contributed by atoms with Crippen LogP contribution in [0, 0.1) is 20.2 Å². The highest BCUT2D eigenvalue weighted by Crippen LogP contribution is 2.25. The Labute approximate surface area is 120 Å². The first-order valence-electron chi connectivity index (χ1n) is 6.13. The number of benzene rings is 1. The van der Waals surface area contributed by atoms with Crippen molar-refractivity contribution in [3.63, 3.8) is 0 Å². The predicted molar refractivity (Wildman–Crippen MR) is 73.0 cm³/mol. The molecule has 0 atom stereocenters. The van der Waals surface area contributed by atoms with Gasteiger partial charge in [-0.05, 0) is 26.1 Å². The van der Waals surface area contributed by atoms with Gasteiger partial charge in [-0.3, -0.25) is 25.0 Å². The lowest BCUT2D eigenvalue weighted by molar-refractivity contribution is -0.394. The fourth-order valence-corrected chi connectivity index (χ4v) is 1.84. The third kappa shape index (κ3) is 5.15. The molecular weight excluding hydrogens is 282 g/mol. The van der Waals surface area contributed by atoms with Crippen LogP contribution >= 0.6 is 0 Å². The Morgan fingerprint density at radius 2 is 1.95 bits per heavy atom. The molecule has 0 amide bonds. The topological polar surface area (TPSA) is 127 Å². The largest absolute Gasteiger partial charge is 0.481 e. The van der Waals surface area contributed by atoms with E-state index in [1.807, 2.05) is 0 Å². The van der Waals surface area contributed by atoms with Crippen LogP contribution in [0.25, 0.3) is 0 Å². The molecule has 9 nitrogen and oxygen atoms in total. The maximum Gasteiger partial charge on any atom is 0.303 e. The van der Waals surface area contributed by atoms with E-state index in [2.05, 4.69) is 0 Å². The van der Waals surface area contributed by atoms with E-state index in [9.17, 15) is 25.0 Å². The van der Waals surface area contributed by atoms with Crippen LogP contribution in [-0.4, -0.2) is 39.4 Å². The van der Waals surface area contributed by atoms with Crippen molar-refractivity contribution >= 4 is 17.3 Å². The van der Waals surface area contributed by atoms with Crippen molar-refractivity contribution in [1.29, 1.82) is 0 Å². The first kappa shape index (κ1) is 16.5. The zero-order valence-corrected chi connectivity index (χ0v) is 11.4. The standard InChI is InChI=1S/C12H15N3O6/c1-13(6-2-3-12(16)17)8-9-4-5-10(14(18)19)7-11(9)15(20)21/h4-5,7H,2-3,6,8H2,1H3,(H,16,17). The van der Waals surface area contributed by atoms with Gasteiger partial charge in [-0.2, -0.15) is 0 Å². The van der Waals surface area contributed by atoms with Gasteiger partial charge in [0.05, 0.1) is 15.9 Å². The molecule has 1 N–H and O–H groups in total. The average Bonchev–Trinajstić information content (AvgIpc) is 2.38. The number of nitrogens with zero attached hydrogens (tertiary/aromatic N) is 3. The molecule has 0 aliphatic heterocycles. The molecule has 0 unspecified atom stereocenters. The van der Waals surface area contributed by atoms with Crippen molar-refractivity contribution in [3.05, 3.63) is 44.0 Å². The predicted octanol–water partition coefficient (Wildman–Crippen LogP) is 1.80. The molecule has 114 valence electrons. The number of nitro benzene ring substituents is 2. The summed E-state index contributed by atoms with van der Waals surface area (Å²) < 4.78 is 0. The Morgan fingerprint density at radius 1 is 1.29 bits per heavy atom. The minimum absolute atomic E-state index is 0.0205. The zero-order valence-electron chi connectivity index (χ0n) is 11.4. The number of hydrogen-bond acceptors (Lipinski definition) is 6. The summed E-state index contributed by atoms with van der Waals surface area (Å²) in [6, 6.07) is 3.50. The molecule has 0 spiro atoms. The van der Waals surface area contributed by atoms with E-state index in [1.54, 1.807) is 11.9 Å². The Hall–Kier alpha value is -2.55. The van der Waals surface area contributed by atoms with E-state index in [-0.39, 0.29) is 24.3 Å². The number of hydrogen-bond donors (Lipinski definition) is 1. The molecule has 1 aromatic carbocycles. The van der Waals surface area contributed by atoms with E-state index in [4.69, 9.17) is 5.11 Å². The quantitative estimate of drug-likeness (QED) is 0.572. The lowest BCUT2D eigenvalue weighted by atomic mass is 10.1. The molecule has 0 bridgehead atoms. The van der Waals surface area contributed by atoms with Crippen LogP contribution in [0.3, 0.4) is 0 Å². The second kappa shape index (κ2) is 7.29. The summed E-state index contributed by atoms with van der Waals surface area (Å²) in [5.74, 6) is -0.898. The Balaban J connectivity index is 2.80. The maximum atomic E-state index is 11.0. The second-order valence-electron chi connectivity index (χ2n) is 4.56. The molecule has 0 radical (unpaired) electrons. The first-order chi connectivity index (χ1) is 9.81. The molecule has 9 heteroatoms. The Bertz CT molecular complexity index is 560. The summed E-state index contributed by atoms with van der Waals surface area (Å²) in [6.45, 7) is 0.675. The molecule has 0 heterocycles. The van der Waals surface area contributed by atoms with Crippen molar-refractivity contribution in [2.45, 2.75) is 19.4 Å². The minimum Gasteiger partial charge on any atom is -0.481 e. The summed E-state index contributed by atoms with van der Waals surface area (Å²) in [5.41, 5.74) is -0.295. The summed E-state index contributed by atoms with van der Waals surface area (Å²) in [6.07, 6.45) is 0.444. The highest BCUT2D eigenvalue weighted by atomic mass is 16.6. The number of carboxylic acids is 1. The number of non-ortho nitro benzene ring substituents is 1. The molecule has 0 aromatic heterocycles. The molecule has 0 saturated heterocycles. The third-order valence-electron chi connectivity index (χ3n) is 2.85. The van der Waals surface area contributed by atoms with Crippen LogP contribution in [0.2, 0.25) is 0 Å². The number of rotatable bonds is 8. The van der Waals surface area contributed by atoms with Crippen LogP contribution in [0.15, 0.2) is 18.2 Å². The number of carboxylic acid groups (broad SMARTS) is 1. The number of nitro groups is 2. The van der Waals surface area contributed by atoms with E-state index in [0.717, 1.165) is 6.07 Å². The Kier molecular flexibility index (Phi) is 5.73. The fraction of sp³-hybridized carbons (Fsp3) is 0.417. The number of carbonyl (C=O) groups is 1. The van der Waals surface area contributed by atoms with Gasteiger partial charge < -0.3 is 10.0 Å². The van der Waals surface area contributed by atoms with Crippen molar-refractivity contribution in [3.8, 4) is 0 Å². The molecule has 1 rings (SSSR count). The van der Waals surface area contributed by atoms with E-state index in [0.29, 0.717) is 18.5 Å². The Morgan fingerprint density at radius 3 is 2.48 bits per heavy atom. The summed E-state index contributed by atoms with van der Waals surface area (Å²) in [4.78, 5) is 32.4. The van der Waals surface area contributed by atoms with Crippen molar-refractivity contribution in [2.24, 2.45) is 0 Å². The van der Waals surface area contributed by atoms with Crippen LogP contribution in [0.5, 0.6) is 0 Å². The van der Waals surface area contributed by atoms with Gasteiger partial charge in [0, 0.05) is 24.6 Å². The normalized spacial score (nSPS) is 10.6. The minimum atomic E-state index is -0.898. The molecule has 0 aliphatic carbocycles. The van der Waals surface area contributed by atoms with Crippen molar-refractivity contribution in [1.82, 2.24) is 4.90 Å². The number of aliphatic carboxylic acids is 1. The van der Waals surface area contributed by atoms with Crippen LogP contribution < -0.4 is 0 Å². The molecule has 21 heavy (non-hydrogen) atoms. The van der Waals surface area contributed by atoms with E-state index in [1.165, 1.54) is 12.1 Å². The van der Waals surface area contributed by atoms with Crippen LogP contribution in [0.4, 0.5) is 11.4 Å². The second-order valence-corrected chi connectivity index (χ2v) is 4.56. The fourth-order valence-electron chi connectivity index (χ4n) is 1.84. The lowest BCUT2D eigenvalue weighted by Crippen LogP contribution is -2.20. The van der Waals surface area contributed by atoms with Crippen molar-refractivity contribution in [2.75, 3.05) is 13.6 Å². The monoisotopic (exact) mass is 297 g/mol. The average molecular weight is 297 g/mol. The van der Waals surface area contributed by atoms with Crippen molar-refractivity contribution < 1.29 is 19.7 Å². The molecular formula is C12H15N3O6. The lowest BCUT2D eigenvalue weighted by Gasteiger charge is -2.15. The van der Waals surface area contributed by atoms with Gasteiger partial charge in [-0.1, -0.05) is 0 Å². The maximum absolute atomic E-state index is 11.0. The van der Waals surface area contributed by atoms with Crippen LogP contribution in [0.1, 0.15) is 18.4 Å². The smallest absolute Gasteiger partial charge is 0.303 e. The first-order valence-corrected chi connectivity index (χ1v) is 6.13. The molecule has 0 saturated carbocycles.